The number of nitrogens with zero attached hydrogens (tertiary/aromatic N) is 4. The van der Waals surface area contributed by atoms with Gasteiger partial charge in [-0.25, -0.2) is 9.97 Å². The molecule has 0 aliphatic carbocycles. The fourth-order valence-electron chi connectivity index (χ4n) is 3.44. The van der Waals surface area contributed by atoms with Gasteiger partial charge in [-0.1, -0.05) is 25.0 Å². The number of aromatic nitrogens is 2. The van der Waals surface area contributed by atoms with Gasteiger partial charge in [0.15, 0.2) is 5.82 Å². The topological polar surface area (TPSA) is 72.2 Å². The third-order valence-corrected chi connectivity index (χ3v) is 4.83. The molecule has 0 saturated carbocycles. The normalized spacial score (nSPS) is 15.0. The first-order valence-electron chi connectivity index (χ1n) is 8.99. The number of anilines is 1. The predicted molar refractivity (Wildman–Crippen MR) is 102 cm³/mol. The van der Waals surface area contributed by atoms with Crippen molar-refractivity contribution in [1.82, 2.24) is 9.97 Å². The zero-order valence-electron chi connectivity index (χ0n) is 14.5. The number of nitro benzene ring substituents is 1. The van der Waals surface area contributed by atoms with Gasteiger partial charge in [0.25, 0.3) is 5.69 Å². The van der Waals surface area contributed by atoms with Crippen LogP contribution in [0.15, 0.2) is 48.5 Å². The van der Waals surface area contributed by atoms with Gasteiger partial charge in [0, 0.05) is 36.2 Å². The van der Waals surface area contributed by atoms with Crippen molar-refractivity contribution in [3.05, 3.63) is 58.6 Å². The lowest BCUT2D eigenvalue weighted by Gasteiger charge is -2.23. The Bertz CT molecular complexity index is 932. The highest BCUT2D eigenvalue weighted by atomic mass is 16.6. The minimum atomic E-state index is -0.395. The van der Waals surface area contributed by atoms with Crippen molar-refractivity contribution in [2.45, 2.75) is 25.7 Å². The Balaban J connectivity index is 1.81. The first-order chi connectivity index (χ1) is 12.7. The average molecular weight is 348 g/mol. The predicted octanol–water partition coefficient (Wildman–Crippen LogP) is 4.59. The molecule has 132 valence electrons. The monoisotopic (exact) mass is 348 g/mol. The molecule has 26 heavy (non-hydrogen) atoms. The van der Waals surface area contributed by atoms with Crippen molar-refractivity contribution in [2.24, 2.45) is 0 Å². The summed E-state index contributed by atoms with van der Waals surface area (Å²) in [7, 11) is 0. The molecule has 0 N–H and O–H groups in total. The molecule has 0 spiro atoms. The first-order valence-corrected chi connectivity index (χ1v) is 8.99. The summed E-state index contributed by atoms with van der Waals surface area (Å²) < 4.78 is 0. The van der Waals surface area contributed by atoms with E-state index in [0.29, 0.717) is 5.82 Å². The van der Waals surface area contributed by atoms with Crippen LogP contribution in [0.25, 0.3) is 22.3 Å². The molecule has 0 bridgehead atoms. The molecule has 1 saturated heterocycles. The molecule has 1 aliphatic heterocycles. The van der Waals surface area contributed by atoms with Gasteiger partial charge < -0.3 is 4.90 Å². The fourth-order valence-corrected chi connectivity index (χ4v) is 3.44. The number of rotatable bonds is 3. The summed E-state index contributed by atoms with van der Waals surface area (Å²) in [6.45, 7) is 2.00. The highest BCUT2D eigenvalue weighted by molar-refractivity contribution is 5.91. The number of hydrogen-bond donors (Lipinski definition) is 0. The molecule has 6 nitrogen and oxygen atoms in total. The summed E-state index contributed by atoms with van der Waals surface area (Å²) in [6, 6.07) is 14.5. The van der Waals surface area contributed by atoms with E-state index in [1.54, 1.807) is 12.1 Å². The van der Waals surface area contributed by atoms with Gasteiger partial charge in [0.1, 0.15) is 5.82 Å². The van der Waals surface area contributed by atoms with Crippen LogP contribution in [0.1, 0.15) is 25.7 Å². The van der Waals surface area contributed by atoms with Gasteiger partial charge in [-0.2, -0.15) is 0 Å². The lowest BCUT2D eigenvalue weighted by molar-refractivity contribution is -0.384. The summed E-state index contributed by atoms with van der Waals surface area (Å²) in [4.78, 5) is 22.4. The average Bonchev–Trinajstić information content (AvgIpc) is 2.96. The molecule has 0 atom stereocenters. The minimum Gasteiger partial charge on any atom is -0.356 e. The highest BCUT2D eigenvalue weighted by Gasteiger charge is 2.17. The van der Waals surface area contributed by atoms with Crippen molar-refractivity contribution < 1.29 is 4.92 Å². The van der Waals surface area contributed by atoms with E-state index in [1.165, 1.54) is 37.8 Å². The van der Waals surface area contributed by atoms with Crippen molar-refractivity contribution >= 4 is 22.4 Å². The Hall–Kier alpha value is -3.02. The van der Waals surface area contributed by atoms with Crippen LogP contribution in [-0.4, -0.2) is 28.0 Å². The Morgan fingerprint density at radius 3 is 2.27 bits per heavy atom. The third-order valence-electron chi connectivity index (χ3n) is 4.83. The Morgan fingerprint density at radius 2 is 1.58 bits per heavy atom. The molecule has 2 heterocycles. The minimum absolute atomic E-state index is 0.0716. The number of nitro groups is 1. The second kappa shape index (κ2) is 7.07. The summed E-state index contributed by atoms with van der Waals surface area (Å²) in [6.07, 6.45) is 4.86. The Kier molecular flexibility index (Phi) is 4.48. The van der Waals surface area contributed by atoms with Crippen LogP contribution in [0.5, 0.6) is 0 Å². The summed E-state index contributed by atoms with van der Waals surface area (Å²) in [5.74, 6) is 1.57. The lowest BCUT2D eigenvalue weighted by atomic mass is 10.1. The maximum Gasteiger partial charge on any atom is 0.269 e. The number of fused-ring (bicyclic) bond motifs is 1. The van der Waals surface area contributed by atoms with Gasteiger partial charge in [0.05, 0.1) is 10.4 Å². The largest absolute Gasteiger partial charge is 0.356 e. The molecule has 0 radical (unpaired) electrons. The van der Waals surface area contributed by atoms with Gasteiger partial charge in [-0.3, -0.25) is 10.1 Å². The van der Waals surface area contributed by atoms with E-state index in [9.17, 15) is 10.1 Å². The number of benzene rings is 2. The molecule has 3 aromatic rings. The first kappa shape index (κ1) is 16.4. The van der Waals surface area contributed by atoms with E-state index >= 15 is 0 Å². The van der Waals surface area contributed by atoms with E-state index in [4.69, 9.17) is 9.97 Å². The van der Waals surface area contributed by atoms with E-state index in [2.05, 4.69) is 11.0 Å². The van der Waals surface area contributed by atoms with Crippen LogP contribution in [0.3, 0.4) is 0 Å². The SMILES string of the molecule is O=[N+]([O-])c1ccc(-c2nc(N3CCCCCC3)c3ccccc3n2)cc1. The molecule has 1 aliphatic rings. The maximum atomic E-state index is 10.9. The van der Waals surface area contributed by atoms with Crippen LogP contribution < -0.4 is 4.90 Å². The summed E-state index contributed by atoms with van der Waals surface area (Å²) >= 11 is 0. The molecular weight excluding hydrogens is 328 g/mol. The molecule has 2 aromatic carbocycles. The molecule has 1 fully saturated rings. The standard InChI is InChI=1S/C20H20N4O2/c25-24(26)16-11-9-15(10-12-16)19-21-18-8-4-3-7-17(18)20(22-19)23-13-5-1-2-6-14-23/h3-4,7-12H,1-2,5-6,13-14H2. The van der Waals surface area contributed by atoms with Crippen LogP contribution in [0.4, 0.5) is 11.5 Å². The van der Waals surface area contributed by atoms with E-state index < -0.39 is 4.92 Å². The van der Waals surface area contributed by atoms with Crippen LogP contribution in [0, 0.1) is 10.1 Å². The Morgan fingerprint density at radius 1 is 0.885 bits per heavy atom. The van der Waals surface area contributed by atoms with E-state index in [1.807, 2.05) is 18.2 Å². The van der Waals surface area contributed by atoms with Crippen LogP contribution in [-0.2, 0) is 0 Å². The molecule has 0 amide bonds. The van der Waals surface area contributed by atoms with E-state index in [-0.39, 0.29) is 5.69 Å². The Labute approximate surface area is 151 Å². The molecule has 1 aromatic heterocycles. The van der Waals surface area contributed by atoms with Gasteiger partial charge in [0.2, 0.25) is 0 Å². The smallest absolute Gasteiger partial charge is 0.269 e. The van der Waals surface area contributed by atoms with Crippen LogP contribution >= 0.6 is 0 Å². The van der Waals surface area contributed by atoms with Crippen molar-refractivity contribution in [3.8, 4) is 11.4 Å². The fraction of sp³-hybridized carbons (Fsp3) is 0.300. The van der Waals surface area contributed by atoms with Crippen molar-refractivity contribution in [3.63, 3.8) is 0 Å². The van der Waals surface area contributed by atoms with E-state index in [0.717, 1.165) is 35.4 Å². The summed E-state index contributed by atoms with van der Waals surface area (Å²) in [5, 5.41) is 11.9. The second-order valence-electron chi connectivity index (χ2n) is 6.59. The zero-order valence-corrected chi connectivity index (χ0v) is 14.5. The van der Waals surface area contributed by atoms with Crippen molar-refractivity contribution in [1.29, 1.82) is 0 Å². The molecular formula is C20H20N4O2. The summed E-state index contributed by atoms with van der Waals surface area (Å²) in [5.41, 5.74) is 1.76. The third kappa shape index (κ3) is 3.22. The number of non-ortho nitro benzene ring substituents is 1. The second-order valence-corrected chi connectivity index (χ2v) is 6.59. The van der Waals surface area contributed by atoms with Crippen molar-refractivity contribution in [2.75, 3.05) is 18.0 Å². The number of para-hydroxylation sites is 1. The van der Waals surface area contributed by atoms with Gasteiger partial charge in [-0.15, -0.1) is 0 Å². The lowest BCUT2D eigenvalue weighted by Crippen LogP contribution is -2.25. The quantitative estimate of drug-likeness (QED) is 0.511. The molecule has 6 heteroatoms. The zero-order chi connectivity index (χ0) is 17.9. The van der Waals surface area contributed by atoms with Gasteiger partial charge >= 0.3 is 0 Å². The van der Waals surface area contributed by atoms with Crippen LogP contribution in [0.2, 0.25) is 0 Å². The molecule has 0 unspecified atom stereocenters. The molecule has 4 rings (SSSR count). The van der Waals surface area contributed by atoms with Gasteiger partial charge in [-0.05, 0) is 37.1 Å². The highest BCUT2D eigenvalue weighted by Crippen LogP contribution is 2.29. The number of hydrogen-bond acceptors (Lipinski definition) is 5. The maximum absolute atomic E-state index is 10.9.